The molecule has 1 aliphatic carbocycles. The number of sulfonamides is 1. The number of non-ortho nitro benzene ring substituents is 1. The molecule has 2 N–H and O–H groups in total. The molecule has 1 amide bonds. The minimum Gasteiger partial charge on any atom is -0.452 e. The molecule has 0 saturated heterocycles. The Morgan fingerprint density at radius 1 is 1.19 bits per heavy atom. The summed E-state index contributed by atoms with van der Waals surface area (Å²) in [5.74, 6) is -0.877. The molecule has 0 aromatic heterocycles. The highest BCUT2D eigenvalue weighted by atomic mass is 32.2. The van der Waals surface area contributed by atoms with Crippen LogP contribution in [0.15, 0.2) is 53.4 Å². The van der Waals surface area contributed by atoms with E-state index in [0.717, 1.165) is 18.9 Å². The molecule has 1 atom stereocenters. The second-order valence-electron chi connectivity index (χ2n) is 7.18. The molecule has 2 aromatic rings. The van der Waals surface area contributed by atoms with Crippen LogP contribution in [0.3, 0.4) is 0 Å². The highest BCUT2D eigenvalue weighted by Crippen LogP contribution is 2.32. The van der Waals surface area contributed by atoms with E-state index < -0.39 is 33.4 Å². The number of carbonyl (C=O) groups is 2. The summed E-state index contributed by atoms with van der Waals surface area (Å²) in [5, 5.41) is 13.7. The number of carbonyl (C=O) groups excluding carboxylic acids is 2. The van der Waals surface area contributed by atoms with Gasteiger partial charge in [0.2, 0.25) is 0 Å². The third kappa shape index (κ3) is 5.79. The van der Waals surface area contributed by atoms with E-state index in [4.69, 9.17) is 4.74 Å². The van der Waals surface area contributed by atoms with E-state index >= 15 is 0 Å². The Kier molecular flexibility index (Phi) is 6.54. The van der Waals surface area contributed by atoms with Crippen molar-refractivity contribution >= 4 is 33.3 Å². The summed E-state index contributed by atoms with van der Waals surface area (Å²) < 4.78 is 32.6. The average molecular weight is 447 g/mol. The van der Waals surface area contributed by atoms with Crippen molar-refractivity contribution in [3.8, 4) is 0 Å². The molecule has 2 aromatic carbocycles. The maximum absolute atomic E-state index is 12.7. The van der Waals surface area contributed by atoms with Gasteiger partial charge in [-0.2, -0.15) is 0 Å². The van der Waals surface area contributed by atoms with Crippen LogP contribution in [-0.2, 0) is 19.6 Å². The molecule has 0 aliphatic heterocycles. The molecule has 164 valence electrons. The number of anilines is 1. The molecule has 1 aliphatic rings. The number of nitrogens with zero attached hydrogens (tertiary/aromatic N) is 1. The lowest BCUT2D eigenvalue weighted by molar-refractivity contribution is -0.385. The fraction of sp³-hybridized carbons (Fsp3) is 0.300. The Labute approximate surface area is 178 Å². The molecule has 0 heterocycles. The van der Waals surface area contributed by atoms with Crippen molar-refractivity contribution in [2.45, 2.75) is 30.7 Å². The lowest BCUT2D eigenvalue weighted by Crippen LogP contribution is -2.37. The van der Waals surface area contributed by atoms with E-state index in [2.05, 4.69) is 10.0 Å². The number of hydrogen-bond acceptors (Lipinski definition) is 7. The van der Waals surface area contributed by atoms with Gasteiger partial charge in [-0.25, -0.2) is 13.2 Å². The maximum Gasteiger partial charge on any atom is 0.340 e. The van der Waals surface area contributed by atoms with Crippen LogP contribution < -0.4 is 10.0 Å². The molecular weight excluding hydrogens is 426 g/mol. The van der Waals surface area contributed by atoms with Gasteiger partial charge >= 0.3 is 5.97 Å². The zero-order valence-electron chi connectivity index (χ0n) is 16.6. The Hall–Kier alpha value is -3.47. The first kappa shape index (κ1) is 22.2. The standard InChI is InChI=1S/C20H21N3O7S/c1-13(14-9-10-14)21-19(24)12-30-20(25)17-7-2-3-8-18(17)22-31(28,29)16-6-4-5-15(11-16)23(26)27/h2-8,11,13-14,22H,9-10,12H2,1H3,(H,21,24). The molecule has 3 rings (SSSR count). The molecule has 1 unspecified atom stereocenters. The predicted molar refractivity (Wildman–Crippen MR) is 111 cm³/mol. The van der Waals surface area contributed by atoms with Crippen LogP contribution in [0.2, 0.25) is 0 Å². The fourth-order valence-corrected chi connectivity index (χ4v) is 4.06. The van der Waals surface area contributed by atoms with Crippen molar-refractivity contribution in [3.05, 3.63) is 64.2 Å². The predicted octanol–water partition coefficient (Wildman–Crippen LogP) is 2.47. The van der Waals surface area contributed by atoms with Crippen LogP contribution in [0.4, 0.5) is 11.4 Å². The normalized spacial score (nSPS) is 14.4. The molecule has 10 nitrogen and oxygen atoms in total. The van der Waals surface area contributed by atoms with Crippen molar-refractivity contribution in [3.63, 3.8) is 0 Å². The molecular formula is C20H21N3O7S. The quantitative estimate of drug-likeness (QED) is 0.341. The summed E-state index contributed by atoms with van der Waals surface area (Å²) in [6, 6.07) is 10.2. The molecule has 0 radical (unpaired) electrons. The number of amides is 1. The van der Waals surface area contributed by atoms with Crippen molar-refractivity contribution in [2.24, 2.45) is 5.92 Å². The number of nitro benzene ring substituents is 1. The Balaban J connectivity index is 1.70. The number of para-hydroxylation sites is 1. The van der Waals surface area contributed by atoms with E-state index in [0.29, 0.717) is 5.92 Å². The minimum atomic E-state index is -4.22. The van der Waals surface area contributed by atoms with Gasteiger partial charge in [-0.1, -0.05) is 18.2 Å². The van der Waals surface area contributed by atoms with E-state index in [-0.39, 0.29) is 27.9 Å². The zero-order chi connectivity index (χ0) is 22.6. The van der Waals surface area contributed by atoms with Gasteiger partial charge in [0, 0.05) is 18.2 Å². The third-order valence-corrected chi connectivity index (χ3v) is 6.15. The van der Waals surface area contributed by atoms with E-state index in [1.165, 1.54) is 42.5 Å². The maximum atomic E-state index is 12.7. The molecule has 0 bridgehead atoms. The van der Waals surface area contributed by atoms with Crippen LogP contribution in [0, 0.1) is 16.0 Å². The van der Waals surface area contributed by atoms with Gasteiger partial charge in [0.1, 0.15) is 0 Å². The number of nitro groups is 1. The molecule has 1 fully saturated rings. The van der Waals surface area contributed by atoms with Crippen LogP contribution in [-0.4, -0.2) is 37.9 Å². The van der Waals surface area contributed by atoms with Crippen LogP contribution in [0.5, 0.6) is 0 Å². The first-order valence-corrected chi connectivity index (χ1v) is 11.0. The summed E-state index contributed by atoms with van der Waals surface area (Å²) in [6.07, 6.45) is 2.11. The molecule has 1 saturated carbocycles. The number of hydrogen-bond donors (Lipinski definition) is 2. The van der Waals surface area contributed by atoms with Gasteiger partial charge in [0.05, 0.1) is 21.1 Å². The van der Waals surface area contributed by atoms with Crippen LogP contribution in [0.25, 0.3) is 0 Å². The summed E-state index contributed by atoms with van der Waals surface area (Å²) in [6.45, 7) is 1.39. The smallest absolute Gasteiger partial charge is 0.340 e. The van der Waals surface area contributed by atoms with E-state index in [1.807, 2.05) is 6.92 Å². The van der Waals surface area contributed by atoms with E-state index in [1.54, 1.807) is 0 Å². The van der Waals surface area contributed by atoms with Gasteiger partial charge in [-0.3, -0.25) is 19.6 Å². The van der Waals surface area contributed by atoms with E-state index in [9.17, 15) is 28.1 Å². The van der Waals surface area contributed by atoms with Crippen molar-refractivity contribution in [1.29, 1.82) is 0 Å². The minimum absolute atomic E-state index is 0.000210. The summed E-state index contributed by atoms with van der Waals surface area (Å²) in [5.41, 5.74) is -0.563. The number of rotatable bonds is 9. The summed E-state index contributed by atoms with van der Waals surface area (Å²) in [7, 11) is -4.22. The Bertz CT molecular complexity index is 1110. The Morgan fingerprint density at radius 3 is 2.58 bits per heavy atom. The topological polar surface area (TPSA) is 145 Å². The van der Waals surface area contributed by atoms with Crippen molar-refractivity contribution in [2.75, 3.05) is 11.3 Å². The average Bonchev–Trinajstić information content (AvgIpc) is 3.58. The second kappa shape index (κ2) is 9.13. The highest BCUT2D eigenvalue weighted by Gasteiger charge is 2.29. The molecule has 31 heavy (non-hydrogen) atoms. The van der Waals surface area contributed by atoms with Gasteiger partial charge in [-0.05, 0) is 43.9 Å². The molecule has 0 spiro atoms. The van der Waals surface area contributed by atoms with Crippen molar-refractivity contribution < 1.29 is 27.7 Å². The lowest BCUT2D eigenvalue weighted by Gasteiger charge is -2.14. The Morgan fingerprint density at radius 2 is 1.90 bits per heavy atom. The first-order chi connectivity index (χ1) is 14.7. The number of esters is 1. The first-order valence-electron chi connectivity index (χ1n) is 9.50. The fourth-order valence-electron chi connectivity index (χ4n) is 2.94. The summed E-state index contributed by atoms with van der Waals surface area (Å²) in [4.78, 5) is 34.3. The van der Waals surface area contributed by atoms with Gasteiger partial charge in [-0.15, -0.1) is 0 Å². The largest absolute Gasteiger partial charge is 0.452 e. The van der Waals surface area contributed by atoms with Crippen LogP contribution >= 0.6 is 0 Å². The van der Waals surface area contributed by atoms with Crippen molar-refractivity contribution in [1.82, 2.24) is 5.32 Å². The number of benzene rings is 2. The third-order valence-electron chi connectivity index (χ3n) is 4.78. The number of ether oxygens (including phenoxy) is 1. The van der Waals surface area contributed by atoms with Crippen LogP contribution in [0.1, 0.15) is 30.1 Å². The zero-order valence-corrected chi connectivity index (χ0v) is 17.4. The monoisotopic (exact) mass is 447 g/mol. The lowest BCUT2D eigenvalue weighted by atomic mass is 10.2. The molecule has 11 heteroatoms. The summed E-state index contributed by atoms with van der Waals surface area (Å²) >= 11 is 0. The highest BCUT2D eigenvalue weighted by molar-refractivity contribution is 7.92. The SMILES string of the molecule is CC(NC(=O)COC(=O)c1ccccc1NS(=O)(=O)c1cccc([N+](=O)[O-])c1)C1CC1. The number of nitrogens with one attached hydrogen (secondary N) is 2. The van der Waals surface area contributed by atoms with Gasteiger partial charge in [0.15, 0.2) is 6.61 Å². The van der Waals surface area contributed by atoms with Gasteiger partial charge < -0.3 is 10.1 Å². The van der Waals surface area contributed by atoms with Gasteiger partial charge in [0.25, 0.3) is 21.6 Å². The second-order valence-corrected chi connectivity index (χ2v) is 8.86.